The number of rotatable bonds is 2. The molecule has 0 atom stereocenters. The second kappa shape index (κ2) is 3.07. The van der Waals surface area contributed by atoms with Gasteiger partial charge in [-0.15, -0.1) is 0 Å². The molecule has 0 aliphatic rings. The second-order valence-electron chi connectivity index (χ2n) is 2.06. The van der Waals surface area contributed by atoms with Crippen LogP contribution in [0.5, 0.6) is 0 Å². The lowest BCUT2D eigenvalue weighted by Crippen LogP contribution is -2.16. The Hall–Kier alpha value is -1.54. The number of nitrogens with two attached hydrogens (primary N) is 1. The summed E-state index contributed by atoms with van der Waals surface area (Å²) in [6, 6.07) is 0.946. The predicted octanol–water partition coefficient (Wildman–Crippen LogP) is -1.18. The van der Waals surface area contributed by atoms with Crippen LogP contribution in [0, 0.1) is 0 Å². The number of primary amides is 1. The highest BCUT2D eigenvalue weighted by Crippen LogP contribution is 2.02. The molecule has 0 radical (unpaired) electrons. The zero-order valence-electron chi connectivity index (χ0n) is 6.21. The first-order valence-corrected chi connectivity index (χ1v) is 4.45. The summed E-state index contributed by atoms with van der Waals surface area (Å²) in [5.74, 6) is -1.43. The van der Waals surface area contributed by atoms with Crippen molar-refractivity contribution in [3.8, 4) is 0 Å². The first kappa shape index (κ1) is 9.55. The fraction of sp³-hybridized carbons (Fsp3) is 0. The van der Waals surface area contributed by atoms with E-state index in [0.717, 1.165) is 12.3 Å². The molecular weight excluding hydrogens is 198 g/mol. The Morgan fingerprint density at radius 3 is 2.62 bits per heavy atom. The number of aromatic nitrogens is 2. The summed E-state index contributed by atoms with van der Waals surface area (Å²) in [7, 11) is -4.42. The SMILES string of the molecule is NC(=O)c1nccc(S(=O)(=O)O)n1. The summed E-state index contributed by atoms with van der Waals surface area (Å²) < 4.78 is 29.6. The normalized spacial score (nSPS) is 11.2. The minimum Gasteiger partial charge on any atom is -0.363 e. The number of nitrogens with zero attached hydrogens (tertiary/aromatic N) is 2. The van der Waals surface area contributed by atoms with Crippen LogP contribution in [0.3, 0.4) is 0 Å². The Morgan fingerprint density at radius 1 is 1.54 bits per heavy atom. The maximum Gasteiger partial charge on any atom is 0.312 e. The average molecular weight is 203 g/mol. The minimum absolute atomic E-state index is 0.463. The molecule has 0 fully saturated rings. The first-order valence-electron chi connectivity index (χ1n) is 3.01. The van der Waals surface area contributed by atoms with Crippen molar-refractivity contribution in [1.82, 2.24) is 9.97 Å². The third-order valence-electron chi connectivity index (χ3n) is 1.11. The van der Waals surface area contributed by atoms with E-state index in [0.29, 0.717) is 0 Å². The Bertz CT molecular complexity index is 441. The van der Waals surface area contributed by atoms with E-state index < -0.39 is 26.9 Å². The maximum atomic E-state index is 10.5. The van der Waals surface area contributed by atoms with Crippen molar-refractivity contribution >= 4 is 16.0 Å². The summed E-state index contributed by atoms with van der Waals surface area (Å²) in [5.41, 5.74) is 4.79. The lowest BCUT2D eigenvalue weighted by molar-refractivity contribution is 0.0989. The highest BCUT2D eigenvalue weighted by molar-refractivity contribution is 7.85. The topological polar surface area (TPSA) is 123 Å². The van der Waals surface area contributed by atoms with Crippen LogP contribution in [0.25, 0.3) is 0 Å². The van der Waals surface area contributed by atoms with E-state index in [1.165, 1.54) is 0 Å². The summed E-state index contributed by atoms with van der Waals surface area (Å²) in [6.07, 6.45) is 1.01. The lowest BCUT2D eigenvalue weighted by atomic mass is 10.5. The molecule has 1 heterocycles. The molecule has 0 bridgehead atoms. The molecule has 7 nitrogen and oxygen atoms in total. The summed E-state index contributed by atoms with van der Waals surface area (Å²) >= 11 is 0. The van der Waals surface area contributed by atoms with E-state index in [-0.39, 0.29) is 0 Å². The van der Waals surface area contributed by atoms with E-state index in [1.807, 2.05) is 0 Å². The molecule has 1 rings (SSSR count). The molecule has 0 saturated carbocycles. The predicted molar refractivity (Wildman–Crippen MR) is 40.4 cm³/mol. The van der Waals surface area contributed by atoms with Crippen LogP contribution in [0.15, 0.2) is 17.3 Å². The Kier molecular flexibility index (Phi) is 2.26. The smallest absolute Gasteiger partial charge is 0.312 e. The van der Waals surface area contributed by atoms with E-state index in [1.54, 1.807) is 0 Å². The molecule has 1 aromatic rings. The van der Waals surface area contributed by atoms with Gasteiger partial charge in [-0.2, -0.15) is 8.42 Å². The van der Waals surface area contributed by atoms with Gasteiger partial charge in [0.15, 0.2) is 5.03 Å². The largest absolute Gasteiger partial charge is 0.363 e. The number of hydrogen-bond donors (Lipinski definition) is 2. The number of carbonyl (C=O) groups is 1. The van der Waals surface area contributed by atoms with Crippen molar-refractivity contribution in [1.29, 1.82) is 0 Å². The maximum absolute atomic E-state index is 10.5. The van der Waals surface area contributed by atoms with Crippen molar-refractivity contribution in [3.63, 3.8) is 0 Å². The molecule has 0 aliphatic heterocycles. The average Bonchev–Trinajstić information content (AvgIpc) is 2.03. The monoisotopic (exact) mass is 203 g/mol. The minimum atomic E-state index is -4.42. The van der Waals surface area contributed by atoms with Gasteiger partial charge in [0.05, 0.1) is 0 Å². The highest BCUT2D eigenvalue weighted by atomic mass is 32.2. The molecular formula is C5H5N3O4S. The van der Waals surface area contributed by atoms with Crippen LogP contribution >= 0.6 is 0 Å². The summed E-state index contributed by atoms with van der Waals surface area (Å²) in [4.78, 5) is 17.1. The van der Waals surface area contributed by atoms with Crippen LogP contribution in [-0.2, 0) is 10.1 Å². The van der Waals surface area contributed by atoms with Gasteiger partial charge in [-0.05, 0) is 6.07 Å². The molecule has 0 unspecified atom stereocenters. The molecule has 70 valence electrons. The molecule has 0 spiro atoms. The van der Waals surface area contributed by atoms with Crippen LogP contribution < -0.4 is 5.73 Å². The summed E-state index contributed by atoms with van der Waals surface area (Å²) in [5, 5.41) is -0.656. The molecule has 1 aromatic heterocycles. The van der Waals surface area contributed by atoms with Crippen molar-refractivity contribution in [3.05, 3.63) is 18.1 Å². The van der Waals surface area contributed by atoms with E-state index >= 15 is 0 Å². The van der Waals surface area contributed by atoms with Gasteiger partial charge in [0.2, 0.25) is 5.82 Å². The fourth-order valence-corrected chi connectivity index (χ4v) is 1.04. The Labute approximate surface area is 73.4 Å². The van der Waals surface area contributed by atoms with Crippen molar-refractivity contribution in [2.45, 2.75) is 5.03 Å². The van der Waals surface area contributed by atoms with Gasteiger partial charge < -0.3 is 5.73 Å². The van der Waals surface area contributed by atoms with Gasteiger partial charge in [0, 0.05) is 6.20 Å². The third-order valence-corrected chi connectivity index (χ3v) is 1.87. The van der Waals surface area contributed by atoms with Gasteiger partial charge in [-0.25, -0.2) is 9.97 Å². The van der Waals surface area contributed by atoms with E-state index in [2.05, 4.69) is 9.97 Å². The van der Waals surface area contributed by atoms with Crippen LogP contribution in [-0.4, -0.2) is 28.8 Å². The van der Waals surface area contributed by atoms with Crippen LogP contribution in [0.4, 0.5) is 0 Å². The van der Waals surface area contributed by atoms with Gasteiger partial charge in [-0.3, -0.25) is 9.35 Å². The molecule has 3 N–H and O–H groups in total. The number of hydrogen-bond acceptors (Lipinski definition) is 5. The zero-order chi connectivity index (χ0) is 10.1. The molecule has 13 heavy (non-hydrogen) atoms. The molecule has 0 saturated heterocycles. The van der Waals surface area contributed by atoms with Crippen molar-refractivity contribution in [2.24, 2.45) is 5.73 Å². The van der Waals surface area contributed by atoms with E-state index in [4.69, 9.17) is 10.3 Å². The molecule has 0 aromatic carbocycles. The Morgan fingerprint density at radius 2 is 2.15 bits per heavy atom. The van der Waals surface area contributed by atoms with Gasteiger partial charge in [0.1, 0.15) is 0 Å². The standard InChI is InChI=1S/C5H5N3O4S/c6-4(9)5-7-2-1-3(8-5)13(10,11)12/h1-2H,(H2,6,9)(H,10,11,12). The van der Waals surface area contributed by atoms with Gasteiger partial charge >= 0.3 is 10.1 Å². The fourth-order valence-electron chi connectivity index (χ4n) is 0.605. The second-order valence-corrected chi connectivity index (χ2v) is 3.43. The van der Waals surface area contributed by atoms with Gasteiger partial charge in [-0.1, -0.05) is 0 Å². The molecule has 1 amide bonds. The van der Waals surface area contributed by atoms with Crippen LogP contribution in [0.2, 0.25) is 0 Å². The summed E-state index contributed by atoms with van der Waals surface area (Å²) in [6.45, 7) is 0. The third kappa shape index (κ3) is 2.20. The van der Waals surface area contributed by atoms with Crippen molar-refractivity contribution in [2.75, 3.05) is 0 Å². The highest BCUT2D eigenvalue weighted by Gasteiger charge is 2.14. The van der Waals surface area contributed by atoms with E-state index in [9.17, 15) is 13.2 Å². The zero-order valence-corrected chi connectivity index (χ0v) is 7.02. The first-order chi connectivity index (χ1) is 5.91. The van der Waals surface area contributed by atoms with Crippen molar-refractivity contribution < 1.29 is 17.8 Å². The lowest BCUT2D eigenvalue weighted by Gasteiger charge is -1.96. The van der Waals surface area contributed by atoms with Crippen LogP contribution in [0.1, 0.15) is 10.6 Å². The van der Waals surface area contributed by atoms with Gasteiger partial charge in [0.25, 0.3) is 5.91 Å². The number of carbonyl (C=O) groups excluding carboxylic acids is 1. The Balaban J connectivity index is 3.29. The molecule has 0 aliphatic carbocycles. The quantitative estimate of drug-likeness (QED) is 0.460. The number of amides is 1. The molecule has 8 heteroatoms.